The van der Waals surface area contributed by atoms with Gasteiger partial charge in [-0.25, -0.2) is 0 Å². The number of unbranched alkanes of at least 4 members (excludes halogenated alkanes) is 3. The van der Waals surface area contributed by atoms with E-state index in [4.69, 9.17) is 15.2 Å². The fourth-order valence-electron chi connectivity index (χ4n) is 1.91. The first-order chi connectivity index (χ1) is 8.24. The highest BCUT2D eigenvalue weighted by Crippen LogP contribution is 2.07. The SMILES string of the molecule is CCCCCCC(N)C[SiH2]C(OCC)OCC. The van der Waals surface area contributed by atoms with Gasteiger partial charge in [-0.15, -0.1) is 0 Å². The summed E-state index contributed by atoms with van der Waals surface area (Å²) in [6.45, 7) is 7.75. The van der Waals surface area contributed by atoms with Crippen molar-refractivity contribution in [3.8, 4) is 0 Å². The number of rotatable bonds is 12. The van der Waals surface area contributed by atoms with E-state index in [-0.39, 0.29) is 15.4 Å². The van der Waals surface area contributed by atoms with Gasteiger partial charge in [0, 0.05) is 19.3 Å². The van der Waals surface area contributed by atoms with Crippen LogP contribution in [0.1, 0.15) is 52.9 Å². The number of hydrogen-bond donors (Lipinski definition) is 1. The Morgan fingerprint density at radius 1 is 1.00 bits per heavy atom. The molecule has 1 unspecified atom stereocenters. The van der Waals surface area contributed by atoms with E-state index in [2.05, 4.69) is 6.92 Å². The molecular weight excluding hydrogens is 230 g/mol. The maximum atomic E-state index is 6.12. The highest BCUT2D eigenvalue weighted by molar-refractivity contribution is 6.36. The molecule has 0 bridgehead atoms. The molecule has 0 aliphatic heterocycles. The van der Waals surface area contributed by atoms with Crippen molar-refractivity contribution in [2.45, 2.75) is 70.9 Å². The van der Waals surface area contributed by atoms with Crippen molar-refractivity contribution >= 4 is 9.52 Å². The first kappa shape index (κ1) is 17.1. The van der Waals surface area contributed by atoms with Crippen LogP contribution in [0.3, 0.4) is 0 Å². The highest BCUT2D eigenvalue weighted by atomic mass is 28.2. The van der Waals surface area contributed by atoms with E-state index in [9.17, 15) is 0 Å². The molecule has 3 nitrogen and oxygen atoms in total. The van der Waals surface area contributed by atoms with E-state index >= 15 is 0 Å². The van der Waals surface area contributed by atoms with Crippen LogP contribution in [0.4, 0.5) is 0 Å². The molecule has 1 atom stereocenters. The summed E-state index contributed by atoms with van der Waals surface area (Å²) in [5.41, 5.74) is 6.12. The lowest BCUT2D eigenvalue weighted by Gasteiger charge is -2.18. The van der Waals surface area contributed by atoms with Gasteiger partial charge < -0.3 is 15.2 Å². The van der Waals surface area contributed by atoms with Crippen LogP contribution in [-0.4, -0.2) is 34.7 Å². The summed E-state index contributed by atoms with van der Waals surface area (Å²) in [6, 6.07) is 1.50. The lowest BCUT2D eigenvalue weighted by atomic mass is 10.1. The topological polar surface area (TPSA) is 44.5 Å². The van der Waals surface area contributed by atoms with E-state index in [0.717, 1.165) is 25.7 Å². The molecule has 4 heteroatoms. The average Bonchev–Trinajstić information content (AvgIpc) is 2.32. The molecule has 0 heterocycles. The summed E-state index contributed by atoms with van der Waals surface area (Å²) in [5.74, 6) is 0.0756. The van der Waals surface area contributed by atoms with Crippen molar-refractivity contribution in [1.29, 1.82) is 0 Å². The van der Waals surface area contributed by atoms with Crippen molar-refractivity contribution in [3.05, 3.63) is 0 Å². The summed E-state index contributed by atoms with van der Waals surface area (Å²) in [5, 5.41) is 0. The van der Waals surface area contributed by atoms with Crippen LogP contribution in [0, 0.1) is 0 Å². The molecule has 0 aromatic heterocycles. The zero-order chi connectivity index (χ0) is 12.9. The summed E-state index contributed by atoms with van der Waals surface area (Å²) >= 11 is 0. The fraction of sp³-hybridized carbons (Fsp3) is 1.00. The monoisotopic (exact) mass is 261 g/mol. The molecule has 0 aliphatic carbocycles. The summed E-state index contributed by atoms with van der Waals surface area (Å²) in [6.07, 6.45) is 6.40. The maximum Gasteiger partial charge on any atom is 0.134 e. The average molecular weight is 261 g/mol. The Labute approximate surface area is 109 Å². The van der Waals surface area contributed by atoms with Gasteiger partial charge in [-0.3, -0.25) is 0 Å². The van der Waals surface area contributed by atoms with Crippen LogP contribution in [0.2, 0.25) is 6.04 Å². The van der Waals surface area contributed by atoms with Crippen molar-refractivity contribution in [1.82, 2.24) is 0 Å². The van der Waals surface area contributed by atoms with Gasteiger partial charge in [-0.2, -0.15) is 0 Å². The Morgan fingerprint density at radius 2 is 1.65 bits per heavy atom. The normalized spacial score (nSPS) is 13.9. The van der Waals surface area contributed by atoms with Gasteiger partial charge in [0.1, 0.15) is 5.91 Å². The third kappa shape index (κ3) is 10.9. The molecule has 17 heavy (non-hydrogen) atoms. The van der Waals surface area contributed by atoms with Crippen LogP contribution < -0.4 is 5.73 Å². The lowest BCUT2D eigenvalue weighted by molar-refractivity contribution is -0.0828. The number of ether oxygens (including phenoxy) is 2. The molecule has 0 aromatic rings. The van der Waals surface area contributed by atoms with E-state index in [0.29, 0.717) is 6.04 Å². The minimum atomic E-state index is -0.353. The summed E-state index contributed by atoms with van der Waals surface area (Å²) < 4.78 is 11.1. The zero-order valence-electron chi connectivity index (χ0n) is 11.9. The Balaban J connectivity index is 3.53. The van der Waals surface area contributed by atoms with E-state index in [1.54, 1.807) is 0 Å². The Kier molecular flexibility index (Phi) is 12.6. The van der Waals surface area contributed by atoms with Crippen LogP contribution in [0.25, 0.3) is 0 Å². The molecule has 0 spiro atoms. The van der Waals surface area contributed by atoms with E-state index in [1.165, 1.54) is 25.7 Å². The van der Waals surface area contributed by atoms with Crippen molar-refractivity contribution in [2.24, 2.45) is 5.73 Å². The molecule has 0 saturated carbocycles. The minimum absolute atomic E-state index is 0.0756. The van der Waals surface area contributed by atoms with Gasteiger partial charge >= 0.3 is 0 Å². The quantitative estimate of drug-likeness (QED) is 0.333. The van der Waals surface area contributed by atoms with Crippen LogP contribution in [-0.2, 0) is 9.47 Å². The predicted octanol–water partition coefficient (Wildman–Crippen LogP) is 2.23. The van der Waals surface area contributed by atoms with Gasteiger partial charge in [0.2, 0.25) is 0 Å². The van der Waals surface area contributed by atoms with Gasteiger partial charge in [0.25, 0.3) is 0 Å². The zero-order valence-corrected chi connectivity index (χ0v) is 13.3. The smallest absolute Gasteiger partial charge is 0.134 e. The lowest BCUT2D eigenvalue weighted by Crippen LogP contribution is -2.30. The molecule has 104 valence electrons. The van der Waals surface area contributed by atoms with E-state index in [1.807, 2.05) is 13.8 Å². The highest BCUT2D eigenvalue weighted by Gasteiger charge is 2.11. The second-order valence-electron chi connectivity index (χ2n) is 4.53. The van der Waals surface area contributed by atoms with Crippen molar-refractivity contribution < 1.29 is 9.47 Å². The number of hydrogen-bond acceptors (Lipinski definition) is 3. The molecule has 0 aromatic carbocycles. The largest absolute Gasteiger partial charge is 0.357 e. The van der Waals surface area contributed by atoms with Gasteiger partial charge in [-0.1, -0.05) is 32.6 Å². The van der Waals surface area contributed by atoms with Crippen LogP contribution in [0.5, 0.6) is 0 Å². The van der Waals surface area contributed by atoms with Crippen molar-refractivity contribution in [3.63, 3.8) is 0 Å². The first-order valence-corrected chi connectivity index (χ1v) is 9.04. The van der Waals surface area contributed by atoms with Gasteiger partial charge in [0.15, 0.2) is 0 Å². The maximum absolute atomic E-state index is 6.12. The molecule has 0 aliphatic rings. The van der Waals surface area contributed by atoms with E-state index < -0.39 is 0 Å². The summed E-state index contributed by atoms with van der Waals surface area (Å²) in [4.78, 5) is 0. The van der Waals surface area contributed by atoms with Crippen LogP contribution in [0.15, 0.2) is 0 Å². The molecule has 0 fully saturated rings. The second kappa shape index (κ2) is 12.6. The Hall–Kier alpha value is 0.0969. The summed E-state index contributed by atoms with van der Waals surface area (Å²) in [7, 11) is -0.353. The standard InChI is InChI=1S/C13H31NO2Si/c1-4-7-8-9-10-12(14)11-17-13(15-5-2)16-6-3/h12-13H,4-11,14,17H2,1-3H3. The minimum Gasteiger partial charge on any atom is -0.357 e. The van der Waals surface area contributed by atoms with Gasteiger partial charge in [0.05, 0.1) is 9.52 Å². The second-order valence-corrected chi connectivity index (χ2v) is 6.35. The molecular formula is C13H31NO2Si. The van der Waals surface area contributed by atoms with Crippen molar-refractivity contribution in [2.75, 3.05) is 13.2 Å². The molecule has 0 radical (unpaired) electrons. The molecule has 0 saturated heterocycles. The van der Waals surface area contributed by atoms with Crippen LogP contribution >= 0.6 is 0 Å². The molecule has 0 rings (SSSR count). The molecule has 0 amide bonds. The Morgan fingerprint density at radius 3 is 2.18 bits per heavy atom. The predicted molar refractivity (Wildman–Crippen MR) is 77.1 cm³/mol. The Bertz CT molecular complexity index is 152. The molecule has 2 N–H and O–H groups in total. The third-order valence-corrected chi connectivity index (χ3v) is 4.92. The fourth-order valence-corrected chi connectivity index (χ4v) is 3.71. The first-order valence-electron chi connectivity index (χ1n) is 7.23. The number of nitrogens with two attached hydrogens (primary N) is 1. The third-order valence-electron chi connectivity index (χ3n) is 2.91. The van der Waals surface area contributed by atoms with Gasteiger partial charge in [-0.05, 0) is 26.3 Å².